The van der Waals surface area contributed by atoms with Gasteiger partial charge in [0.05, 0.1) is 6.10 Å². The zero-order valence-electron chi connectivity index (χ0n) is 10.7. The lowest BCUT2D eigenvalue weighted by atomic mass is 9.87. The standard InChI is InChI=1S/C14H26O/c1-6-8-13(15)10-7-9-12(2)11-14(3,4)5/h7,10,13,15H,2,6,8-9,11H2,1,3-5H3. The second-order valence-corrected chi connectivity index (χ2v) is 5.48. The topological polar surface area (TPSA) is 20.2 Å². The van der Waals surface area contributed by atoms with Crippen molar-refractivity contribution < 1.29 is 5.11 Å². The third-order valence-corrected chi connectivity index (χ3v) is 2.13. The van der Waals surface area contributed by atoms with Crippen LogP contribution in [0.3, 0.4) is 0 Å². The molecule has 0 radical (unpaired) electrons. The number of aliphatic hydroxyl groups is 1. The lowest BCUT2D eigenvalue weighted by Gasteiger charge is -2.18. The van der Waals surface area contributed by atoms with Crippen LogP contribution in [-0.2, 0) is 0 Å². The highest BCUT2D eigenvalue weighted by atomic mass is 16.3. The lowest BCUT2D eigenvalue weighted by Crippen LogP contribution is -2.05. The van der Waals surface area contributed by atoms with Gasteiger partial charge in [0.2, 0.25) is 0 Å². The van der Waals surface area contributed by atoms with Gasteiger partial charge in [-0.1, -0.05) is 58.4 Å². The summed E-state index contributed by atoms with van der Waals surface area (Å²) in [6.45, 7) is 12.8. The first kappa shape index (κ1) is 14.4. The normalized spacial score (nSPS) is 14.5. The molecule has 1 unspecified atom stereocenters. The first-order chi connectivity index (χ1) is 6.85. The quantitative estimate of drug-likeness (QED) is 0.655. The highest BCUT2D eigenvalue weighted by Crippen LogP contribution is 2.24. The fraction of sp³-hybridized carbons (Fsp3) is 0.714. The van der Waals surface area contributed by atoms with Crippen LogP contribution in [0, 0.1) is 5.41 Å². The van der Waals surface area contributed by atoms with Crippen molar-refractivity contribution >= 4 is 0 Å². The van der Waals surface area contributed by atoms with E-state index in [-0.39, 0.29) is 6.10 Å². The summed E-state index contributed by atoms with van der Waals surface area (Å²) in [7, 11) is 0. The van der Waals surface area contributed by atoms with Gasteiger partial charge in [0.1, 0.15) is 0 Å². The summed E-state index contributed by atoms with van der Waals surface area (Å²) >= 11 is 0. The Morgan fingerprint density at radius 3 is 2.47 bits per heavy atom. The Hall–Kier alpha value is -0.560. The number of hydrogen-bond donors (Lipinski definition) is 1. The first-order valence-electron chi connectivity index (χ1n) is 5.86. The minimum Gasteiger partial charge on any atom is -0.389 e. The molecule has 1 atom stereocenters. The van der Waals surface area contributed by atoms with Gasteiger partial charge in [-0.25, -0.2) is 0 Å². The van der Waals surface area contributed by atoms with E-state index in [1.807, 2.05) is 12.2 Å². The fourth-order valence-corrected chi connectivity index (χ4v) is 1.61. The van der Waals surface area contributed by atoms with Crippen LogP contribution < -0.4 is 0 Å². The SMILES string of the molecule is C=C(CC=CC(O)CCC)CC(C)(C)C. The Labute approximate surface area is 94.9 Å². The third-order valence-electron chi connectivity index (χ3n) is 2.13. The molecule has 0 aromatic heterocycles. The predicted molar refractivity (Wildman–Crippen MR) is 67.9 cm³/mol. The van der Waals surface area contributed by atoms with Crippen molar-refractivity contribution in [2.45, 2.75) is 59.5 Å². The van der Waals surface area contributed by atoms with E-state index in [0.29, 0.717) is 5.41 Å². The molecule has 0 amide bonds. The van der Waals surface area contributed by atoms with Gasteiger partial charge in [-0.3, -0.25) is 0 Å². The van der Waals surface area contributed by atoms with Gasteiger partial charge in [-0.2, -0.15) is 0 Å². The Bertz CT molecular complexity index is 208. The Balaban J connectivity index is 3.80. The van der Waals surface area contributed by atoms with Crippen LogP contribution >= 0.6 is 0 Å². The Morgan fingerprint density at radius 1 is 1.40 bits per heavy atom. The summed E-state index contributed by atoms with van der Waals surface area (Å²) in [5, 5.41) is 9.48. The number of aliphatic hydroxyl groups excluding tert-OH is 1. The van der Waals surface area contributed by atoms with Crippen molar-refractivity contribution in [2.24, 2.45) is 5.41 Å². The molecule has 88 valence electrons. The van der Waals surface area contributed by atoms with Crippen molar-refractivity contribution in [1.82, 2.24) is 0 Å². The molecule has 0 saturated heterocycles. The predicted octanol–water partition coefficient (Wildman–Crippen LogP) is 4.09. The van der Waals surface area contributed by atoms with Crippen molar-refractivity contribution in [3.05, 3.63) is 24.3 Å². The maximum atomic E-state index is 9.48. The summed E-state index contributed by atoms with van der Waals surface area (Å²) in [6, 6.07) is 0. The van der Waals surface area contributed by atoms with E-state index >= 15 is 0 Å². The fourth-order valence-electron chi connectivity index (χ4n) is 1.61. The van der Waals surface area contributed by atoms with Gasteiger partial charge < -0.3 is 5.11 Å². The Morgan fingerprint density at radius 2 is 2.00 bits per heavy atom. The molecule has 0 bridgehead atoms. The molecule has 0 aliphatic rings. The van der Waals surface area contributed by atoms with Crippen LogP contribution in [0.5, 0.6) is 0 Å². The van der Waals surface area contributed by atoms with Gasteiger partial charge in [0.15, 0.2) is 0 Å². The van der Waals surface area contributed by atoms with Crippen LogP contribution in [0.15, 0.2) is 24.3 Å². The summed E-state index contributed by atoms with van der Waals surface area (Å²) < 4.78 is 0. The van der Waals surface area contributed by atoms with Gasteiger partial charge >= 0.3 is 0 Å². The van der Waals surface area contributed by atoms with Crippen LogP contribution in [0.2, 0.25) is 0 Å². The van der Waals surface area contributed by atoms with E-state index in [2.05, 4.69) is 34.3 Å². The molecule has 1 nitrogen and oxygen atoms in total. The van der Waals surface area contributed by atoms with E-state index in [0.717, 1.165) is 25.7 Å². The molecule has 15 heavy (non-hydrogen) atoms. The first-order valence-corrected chi connectivity index (χ1v) is 5.86. The van der Waals surface area contributed by atoms with Gasteiger partial charge in [-0.05, 0) is 24.7 Å². The molecule has 0 heterocycles. The molecule has 0 aromatic carbocycles. The minimum absolute atomic E-state index is 0.280. The maximum absolute atomic E-state index is 9.48. The van der Waals surface area contributed by atoms with Gasteiger partial charge in [0.25, 0.3) is 0 Å². The number of hydrogen-bond acceptors (Lipinski definition) is 1. The van der Waals surface area contributed by atoms with E-state index in [1.165, 1.54) is 5.57 Å². The molecule has 0 aliphatic carbocycles. The summed E-state index contributed by atoms with van der Waals surface area (Å²) in [4.78, 5) is 0. The highest BCUT2D eigenvalue weighted by molar-refractivity contribution is 5.05. The Kier molecular flexibility index (Phi) is 6.58. The van der Waals surface area contributed by atoms with Crippen LogP contribution in [0.4, 0.5) is 0 Å². The smallest absolute Gasteiger partial charge is 0.0720 e. The van der Waals surface area contributed by atoms with Gasteiger partial charge in [0, 0.05) is 0 Å². The van der Waals surface area contributed by atoms with Crippen LogP contribution in [0.25, 0.3) is 0 Å². The molecule has 0 aromatic rings. The molecule has 0 fully saturated rings. The molecular weight excluding hydrogens is 184 g/mol. The zero-order chi connectivity index (χ0) is 11.9. The van der Waals surface area contributed by atoms with Crippen molar-refractivity contribution in [3.8, 4) is 0 Å². The molecule has 0 rings (SSSR count). The number of rotatable bonds is 6. The van der Waals surface area contributed by atoms with Crippen molar-refractivity contribution in [3.63, 3.8) is 0 Å². The molecule has 1 N–H and O–H groups in total. The number of allylic oxidation sites excluding steroid dienone is 2. The van der Waals surface area contributed by atoms with Crippen molar-refractivity contribution in [2.75, 3.05) is 0 Å². The average molecular weight is 210 g/mol. The summed E-state index contributed by atoms with van der Waals surface area (Å²) in [6.07, 6.45) is 7.44. The lowest BCUT2D eigenvalue weighted by molar-refractivity contribution is 0.211. The molecule has 0 saturated carbocycles. The van der Waals surface area contributed by atoms with E-state index in [1.54, 1.807) is 0 Å². The van der Waals surface area contributed by atoms with E-state index < -0.39 is 0 Å². The second-order valence-electron chi connectivity index (χ2n) is 5.48. The average Bonchev–Trinajstić information content (AvgIpc) is 2.00. The summed E-state index contributed by atoms with van der Waals surface area (Å²) in [5.41, 5.74) is 1.55. The van der Waals surface area contributed by atoms with Crippen LogP contribution in [0.1, 0.15) is 53.4 Å². The third kappa shape index (κ3) is 9.74. The zero-order valence-corrected chi connectivity index (χ0v) is 10.7. The minimum atomic E-state index is -0.280. The molecular formula is C14H26O. The molecule has 0 aliphatic heterocycles. The monoisotopic (exact) mass is 210 g/mol. The summed E-state index contributed by atoms with van der Waals surface area (Å²) in [5.74, 6) is 0. The largest absolute Gasteiger partial charge is 0.389 e. The van der Waals surface area contributed by atoms with Gasteiger partial charge in [-0.15, -0.1) is 0 Å². The molecule has 1 heteroatoms. The van der Waals surface area contributed by atoms with E-state index in [9.17, 15) is 5.11 Å². The maximum Gasteiger partial charge on any atom is 0.0720 e. The van der Waals surface area contributed by atoms with Crippen molar-refractivity contribution in [1.29, 1.82) is 0 Å². The highest BCUT2D eigenvalue weighted by Gasteiger charge is 2.10. The molecule has 0 spiro atoms. The second kappa shape index (κ2) is 6.84. The van der Waals surface area contributed by atoms with Crippen LogP contribution in [-0.4, -0.2) is 11.2 Å². The van der Waals surface area contributed by atoms with E-state index in [4.69, 9.17) is 0 Å².